The van der Waals surface area contributed by atoms with E-state index >= 15 is 0 Å². The van der Waals surface area contributed by atoms with Crippen LogP contribution in [0.4, 0.5) is 11.4 Å². The quantitative estimate of drug-likeness (QED) is 0.773. The van der Waals surface area contributed by atoms with Gasteiger partial charge in [0.25, 0.3) is 0 Å². The lowest BCUT2D eigenvalue weighted by molar-refractivity contribution is 0.706. The molecule has 3 N–H and O–H groups in total. The maximum absolute atomic E-state index is 6.06. The van der Waals surface area contributed by atoms with Crippen molar-refractivity contribution in [2.24, 2.45) is 0 Å². The second-order valence-corrected chi connectivity index (χ2v) is 5.62. The first-order valence-electron chi connectivity index (χ1n) is 6.92. The summed E-state index contributed by atoms with van der Waals surface area (Å²) in [7, 11) is 0. The Kier molecular flexibility index (Phi) is 4.91. The summed E-state index contributed by atoms with van der Waals surface area (Å²) >= 11 is 6.06. The van der Waals surface area contributed by atoms with Crippen molar-refractivity contribution < 1.29 is 0 Å². The van der Waals surface area contributed by atoms with Crippen LogP contribution in [0.1, 0.15) is 30.4 Å². The van der Waals surface area contributed by atoms with Crippen LogP contribution in [0.5, 0.6) is 0 Å². The molecule has 0 aromatic heterocycles. The summed E-state index contributed by atoms with van der Waals surface area (Å²) in [4.78, 5) is 0. The Bertz CT molecular complexity index is 567. The van der Waals surface area contributed by atoms with E-state index < -0.39 is 0 Å². The minimum Gasteiger partial charge on any atom is -0.398 e. The molecular formula is C17H21ClN2. The van der Waals surface area contributed by atoms with Gasteiger partial charge in [0.2, 0.25) is 0 Å². The number of nitrogen functional groups attached to an aromatic ring is 1. The Hall–Kier alpha value is -1.67. The molecule has 2 aromatic rings. The van der Waals surface area contributed by atoms with E-state index in [-0.39, 0.29) is 0 Å². The van der Waals surface area contributed by atoms with Gasteiger partial charge >= 0.3 is 0 Å². The van der Waals surface area contributed by atoms with E-state index in [9.17, 15) is 0 Å². The van der Waals surface area contributed by atoms with E-state index in [4.69, 9.17) is 17.3 Å². The molecule has 0 saturated carbocycles. The van der Waals surface area contributed by atoms with Crippen molar-refractivity contribution in [3.63, 3.8) is 0 Å². The average molecular weight is 289 g/mol. The summed E-state index contributed by atoms with van der Waals surface area (Å²) in [6, 6.07) is 14.4. The molecule has 1 atom stereocenters. The third-order valence-corrected chi connectivity index (χ3v) is 3.93. The Labute approximate surface area is 126 Å². The molecule has 20 heavy (non-hydrogen) atoms. The van der Waals surface area contributed by atoms with Gasteiger partial charge in [0, 0.05) is 12.2 Å². The molecule has 3 heteroatoms. The van der Waals surface area contributed by atoms with Gasteiger partial charge in [-0.3, -0.25) is 0 Å². The zero-order valence-electron chi connectivity index (χ0n) is 12.0. The van der Waals surface area contributed by atoms with Gasteiger partial charge in [-0.1, -0.05) is 48.9 Å². The van der Waals surface area contributed by atoms with Crippen molar-refractivity contribution in [1.82, 2.24) is 0 Å². The second kappa shape index (κ2) is 6.67. The molecule has 2 rings (SSSR count). The maximum Gasteiger partial charge on any atom is 0.0656 e. The Morgan fingerprint density at radius 1 is 1.20 bits per heavy atom. The molecule has 0 aliphatic heterocycles. The molecule has 0 amide bonds. The highest BCUT2D eigenvalue weighted by Crippen LogP contribution is 2.27. The highest BCUT2D eigenvalue weighted by Gasteiger charge is 2.06. The lowest BCUT2D eigenvalue weighted by Crippen LogP contribution is -2.07. The first kappa shape index (κ1) is 14.7. The van der Waals surface area contributed by atoms with Gasteiger partial charge in [0.05, 0.1) is 10.7 Å². The predicted octanol–water partition coefficient (Wildman–Crippen LogP) is 4.84. The van der Waals surface area contributed by atoms with Crippen LogP contribution in [0, 0.1) is 6.92 Å². The molecule has 2 nitrogen and oxygen atoms in total. The first-order chi connectivity index (χ1) is 9.58. The minimum absolute atomic E-state index is 0.535. The molecule has 0 aliphatic rings. The van der Waals surface area contributed by atoms with Crippen LogP contribution in [0.15, 0.2) is 42.5 Å². The van der Waals surface area contributed by atoms with Crippen LogP contribution >= 0.6 is 11.6 Å². The standard InChI is InChI=1S/C17H21ClN2/c1-12(14-6-4-3-5-7-14)8-9-20-17-11-15(18)16(19)10-13(17)2/h3-7,10-12,20H,8-9,19H2,1-2H3. The van der Waals surface area contributed by atoms with Gasteiger partial charge in [-0.05, 0) is 42.5 Å². The summed E-state index contributed by atoms with van der Waals surface area (Å²) in [5.41, 5.74) is 9.97. The van der Waals surface area contributed by atoms with Gasteiger partial charge in [-0.15, -0.1) is 0 Å². The second-order valence-electron chi connectivity index (χ2n) is 5.22. The van der Waals surface area contributed by atoms with Crippen molar-refractivity contribution in [2.45, 2.75) is 26.2 Å². The number of benzene rings is 2. The molecule has 1 unspecified atom stereocenters. The van der Waals surface area contributed by atoms with Gasteiger partial charge in [-0.2, -0.15) is 0 Å². The fourth-order valence-electron chi connectivity index (χ4n) is 2.27. The number of nitrogens with two attached hydrogens (primary N) is 1. The Balaban J connectivity index is 1.92. The summed E-state index contributed by atoms with van der Waals surface area (Å²) in [6.45, 7) is 5.20. The monoisotopic (exact) mass is 288 g/mol. The third-order valence-electron chi connectivity index (χ3n) is 3.61. The molecular weight excluding hydrogens is 268 g/mol. The van der Waals surface area contributed by atoms with Crippen molar-refractivity contribution >= 4 is 23.0 Å². The van der Waals surface area contributed by atoms with Crippen LogP contribution in [0.2, 0.25) is 5.02 Å². The molecule has 0 saturated heterocycles. The lowest BCUT2D eigenvalue weighted by Gasteiger charge is -2.15. The van der Waals surface area contributed by atoms with Crippen LogP contribution in [0.25, 0.3) is 0 Å². The van der Waals surface area contributed by atoms with Crippen molar-refractivity contribution in [1.29, 1.82) is 0 Å². The van der Waals surface area contributed by atoms with Crippen LogP contribution < -0.4 is 11.1 Å². The summed E-state index contributed by atoms with van der Waals surface area (Å²) < 4.78 is 0. The van der Waals surface area contributed by atoms with Crippen molar-refractivity contribution in [3.05, 3.63) is 58.6 Å². The van der Waals surface area contributed by atoms with Crippen molar-refractivity contribution in [2.75, 3.05) is 17.6 Å². The summed E-state index contributed by atoms with van der Waals surface area (Å²) in [5.74, 6) is 0.535. The highest BCUT2D eigenvalue weighted by molar-refractivity contribution is 6.33. The van der Waals surface area contributed by atoms with Crippen LogP contribution in [-0.2, 0) is 0 Å². The number of halogens is 1. The molecule has 0 fully saturated rings. The number of hydrogen-bond acceptors (Lipinski definition) is 2. The minimum atomic E-state index is 0.535. The average Bonchev–Trinajstić information content (AvgIpc) is 2.45. The molecule has 0 aliphatic carbocycles. The number of nitrogens with one attached hydrogen (secondary N) is 1. The lowest BCUT2D eigenvalue weighted by atomic mass is 9.98. The maximum atomic E-state index is 6.06. The summed E-state index contributed by atoms with van der Waals surface area (Å²) in [5, 5.41) is 4.05. The fourth-order valence-corrected chi connectivity index (χ4v) is 2.43. The number of anilines is 2. The van der Waals surface area contributed by atoms with E-state index in [0.717, 1.165) is 24.2 Å². The first-order valence-corrected chi connectivity index (χ1v) is 7.30. The van der Waals surface area contributed by atoms with Crippen molar-refractivity contribution in [3.8, 4) is 0 Å². The van der Waals surface area contributed by atoms with Gasteiger partial charge < -0.3 is 11.1 Å². The molecule has 106 valence electrons. The van der Waals surface area contributed by atoms with Gasteiger partial charge in [-0.25, -0.2) is 0 Å². The number of hydrogen-bond donors (Lipinski definition) is 2. The molecule has 0 radical (unpaired) electrons. The third kappa shape index (κ3) is 3.67. The molecule has 0 heterocycles. The Morgan fingerprint density at radius 3 is 2.60 bits per heavy atom. The van der Waals surface area contributed by atoms with Crippen LogP contribution in [-0.4, -0.2) is 6.54 Å². The van der Waals surface area contributed by atoms with Gasteiger partial charge in [0.1, 0.15) is 0 Å². The molecule has 0 spiro atoms. The zero-order chi connectivity index (χ0) is 14.5. The van der Waals surface area contributed by atoms with E-state index in [0.29, 0.717) is 16.6 Å². The smallest absolute Gasteiger partial charge is 0.0656 e. The van der Waals surface area contributed by atoms with E-state index in [2.05, 4.69) is 36.5 Å². The Morgan fingerprint density at radius 2 is 1.90 bits per heavy atom. The highest BCUT2D eigenvalue weighted by atomic mass is 35.5. The predicted molar refractivity (Wildman–Crippen MR) is 88.6 cm³/mol. The topological polar surface area (TPSA) is 38.0 Å². The normalized spacial score (nSPS) is 12.2. The van der Waals surface area contributed by atoms with Gasteiger partial charge in [0.15, 0.2) is 0 Å². The number of aryl methyl sites for hydroxylation is 1. The van der Waals surface area contributed by atoms with Crippen LogP contribution in [0.3, 0.4) is 0 Å². The zero-order valence-corrected chi connectivity index (χ0v) is 12.7. The molecule has 0 bridgehead atoms. The number of rotatable bonds is 5. The summed E-state index contributed by atoms with van der Waals surface area (Å²) in [6.07, 6.45) is 1.07. The van der Waals surface area contributed by atoms with E-state index in [1.165, 1.54) is 5.56 Å². The van der Waals surface area contributed by atoms with E-state index in [1.54, 1.807) is 0 Å². The van der Waals surface area contributed by atoms with E-state index in [1.807, 2.05) is 25.1 Å². The largest absolute Gasteiger partial charge is 0.398 e. The SMILES string of the molecule is Cc1cc(N)c(Cl)cc1NCCC(C)c1ccccc1. The fraction of sp³-hybridized carbons (Fsp3) is 0.294. The molecule has 2 aromatic carbocycles.